The lowest BCUT2D eigenvalue weighted by molar-refractivity contribution is -0.126. The molecule has 0 bridgehead atoms. The van der Waals surface area contributed by atoms with Crippen LogP contribution >= 0.6 is 15.9 Å². The van der Waals surface area contributed by atoms with Crippen molar-refractivity contribution in [2.45, 2.75) is 72.0 Å². The van der Waals surface area contributed by atoms with Crippen molar-refractivity contribution < 1.29 is 35.9 Å². The Morgan fingerprint density at radius 1 is 0.654 bits per heavy atom. The number of para-hydroxylation sites is 2. The Hall–Kier alpha value is -4.40. The lowest BCUT2D eigenvalue weighted by Crippen LogP contribution is -2.39. The Morgan fingerprint density at radius 3 is 1.52 bits per heavy atom. The number of ketones is 2. The summed E-state index contributed by atoms with van der Waals surface area (Å²) in [6.45, 7) is 0. The van der Waals surface area contributed by atoms with E-state index in [4.69, 9.17) is 15.2 Å². The van der Waals surface area contributed by atoms with Gasteiger partial charge in [-0.25, -0.2) is 16.8 Å². The summed E-state index contributed by atoms with van der Waals surface area (Å²) in [5.74, 6) is 0.977. The maximum absolute atomic E-state index is 12.8. The van der Waals surface area contributed by atoms with Crippen LogP contribution < -0.4 is 24.7 Å². The molecule has 0 heterocycles. The molecular formula is C38H38BrN3O8S2. The Labute approximate surface area is 311 Å². The zero-order valence-corrected chi connectivity index (χ0v) is 31.8. The first kappa shape index (κ1) is 36.0. The second-order valence-electron chi connectivity index (χ2n) is 13.7. The predicted octanol–water partition coefficient (Wildman–Crippen LogP) is 6.43. The summed E-state index contributed by atoms with van der Waals surface area (Å²) >= 11 is 3.51. The molecule has 4 aromatic carbocycles. The van der Waals surface area contributed by atoms with Crippen LogP contribution in [0.5, 0.6) is 11.5 Å². The average molecular weight is 809 g/mol. The van der Waals surface area contributed by atoms with Gasteiger partial charge in [0.15, 0.2) is 0 Å². The van der Waals surface area contributed by atoms with Gasteiger partial charge in [-0.3, -0.25) is 19.0 Å². The second kappa shape index (κ2) is 13.2. The molecule has 272 valence electrons. The third-order valence-corrected chi connectivity index (χ3v) is 14.4. The Balaban J connectivity index is 0.000000162. The highest BCUT2D eigenvalue weighted by Gasteiger charge is 2.52. The molecule has 52 heavy (non-hydrogen) atoms. The number of methoxy groups -OCH3 is 2. The summed E-state index contributed by atoms with van der Waals surface area (Å²) in [5, 5.41) is 0. The predicted molar refractivity (Wildman–Crippen MR) is 201 cm³/mol. The molecule has 11 nitrogen and oxygen atoms in total. The van der Waals surface area contributed by atoms with Crippen LogP contribution in [-0.2, 0) is 53.3 Å². The van der Waals surface area contributed by atoms with Crippen molar-refractivity contribution in [3.8, 4) is 11.5 Å². The first-order valence-corrected chi connectivity index (χ1v) is 20.6. The van der Waals surface area contributed by atoms with E-state index in [-0.39, 0.29) is 32.9 Å². The number of nitrogens with two attached hydrogens (primary N) is 1. The highest BCUT2D eigenvalue weighted by molar-refractivity contribution is 9.10. The number of ether oxygens (including phenoxy) is 2. The van der Waals surface area contributed by atoms with Gasteiger partial charge >= 0.3 is 0 Å². The van der Waals surface area contributed by atoms with Gasteiger partial charge in [-0.2, -0.15) is 0 Å². The number of nitrogens with one attached hydrogen (secondary N) is 2. The lowest BCUT2D eigenvalue weighted by atomic mass is 9.64. The molecule has 2 fully saturated rings. The topological polar surface area (TPSA) is 171 Å². The van der Waals surface area contributed by atoms with Crippen molar-refractivity contribution in [3.63, 3.8) is 0 Å². The van der Waals surface area contributed by atoms with Crippen molar-refractivity contribution in [2.24, 2.45) is 0 Å². The van der Waals surface area contributed by atoms with Crippen LogP contribution in [0.1, 0.15) is 60.8 Å². The number of carbonyl (C=O) groups is 2. The van der Waals surface area contributed by atoms with E-state index in [1.54, 1.807) is 54.6 Å². The fraction of sp³-hybridized carbons (Fsp3) is 0.316. The van der Waals surface area contributed by atoms with Crippen LogP contribution in [0, 0.1) is 0 Å². The van der Waals surface area contributed by atoms with Crippen molar-refractivity contribution in [1.82, 2.24) is 0 Å². The maximum atomic E-state index is 12.8. The molecule has 4 aliphatic rings. The summed E-state index contributed by atoms with van der Waals surface area (Å²) in [4.78, 5) is 25.1. The summed E-state index contributed by atoms with van der Waals surface area (Å²) in [6, 6.07) is 19.8. The highest BCUT2D eigenvalue weighted by Crippen LogP contribution is 2.53. The Kier molecular flexibility index (Phi) is 9.15. The van der Waals surface area contributed by atoms with E-state index in [0.29, 0.717) is 29.9 Å². The molecule has 2 spiro atoms. The van der Waals surface area contributed by atoms with Gasteiger partial charge in [0.05, 0.1) is 36.4 Å². The number of sulfonamides is 2. The number of Topliss-reactive ketones (excluding diaryl/α,β-unsaturated/α-hetero) is 2. The van der Waals surface area contributed by atoms with Gasteiger partial charge in [0, 0.05) is 23.0 Å². The third-order valence-electron chi connectivity index (χ3n) is 10.9. The smallest absolute Gasteiger partial charge is 0.265 e. The summed E-state index contributed by atoms with van der Waals surface area (Å²) in [7, 11) is -4.79. The molecule has 2 saturated carbocycles. The van der Waals surface area contributed by atoms with Crippen molar-refractivity contribution in [2.75, 3.05) is 29.4 Å². The normalized spacial score (nSPS) is 17.7. The fourth-order valence-corrected chi connectivity index (χ4v) is 10.9. The first-order valence-electron chi connectivity index (χ1n) is 16.9. The number of hydrogen-bond acceptors (Lipinski definition) is 9. The molecule has 4 N–H and O–H groups in total. The average Bonchev–Trinajstić information content (AvgIpc) is 3.55. The van der Waals surface area contributed by atoms with Crippen molar-refractivity contribution >= 4 is 64.6 Å². The van der Waals surface area contributed by atoms with E-state index in [2.05, 4.69) is 25.4 Å². The van der Waals surface area contributed by atoms with Gasteiger partial charge < -0.3 is 15.2 Å². The molecule has 0 aromatic heterocycles. The number of nitrogen functional groups attached to an aromatic ring is 1. The molecule has 4 aromatic rings. The highest BCUT2D eigenvalue weighted by atomic mass is 79.9. The van der Waals surface area contributed by atoms with E-state index >= 15 is 0 Å². The van der Waals surface area contributed by atoms with Crippen LogP contribution in [0.25, 0.3) is 0 Å². The SMILES string of the molecule is COc1ccccc1S(=O)(=O)Nc1cc(Br)c2c(c1)C1(CCC1)C(=O)C2.COc1ccccc1S(=O)(=O)Nc1cc(N)c2c(c1)C1(CCC1)C(=O)C2. The van der Waals surface area contributed by atoms with E-state index < -0.39 is 30.9 Å². The number of hydrogen-bond donors (Lipinski definition) is 3. The maximum Gasteiger partial charge on any atom is 0.265 e. The quantitative estimate of drug-likeness (QED) is 0.170. The van der Waals surface area contributed by atoms with Gasteiger partial charge in [-0.05, 0) is 96.5 Å². The number of carbonyl (C=O) groups excluding carboxylic acids is 2. The minimum Gasteiger partial charge on any atom is -0.495 e. The first-order chi connectivity index (χ1) is 24.7. The summed E-state index contributed by atoms with van der Waals surface area (Å²) in [6.07, 6.45) is 6.07. The number of anilines is 3. The van der Waals surface area contributed by atoms with Crippen LogP contribution in [0.15, 0.2) is 87.1 Å². The number of rotatable bonds is 8. The van der Waals surface area contributed by atoms with E-state index in [0.717, 1.165) is 65.3 Å². The summed E-state index contributed by atoms with van der Waals surface area (Å²) < 4.78 is 67.6. The number of halogens is 1. The monoisotopic (exact) mass is 807 g/mol. The molecule has 4 aliphatic carbocycles. The number of fused-ring (bicyclic) bond motifs is 4. The van der Waals surface area contributed by atoms with Crippen LogP contribution in [0.4, 0.5) is 17.1 Å². The molecular weight excluding hydrogens is 770 g/mol. The molecule has 0 saturated heterocycles. The zero-order chi connectivity index (χ0) is 37.1. The molecule has 0 aliphatic heterocycles. The molecule has 0 radical (unpaired) electrons. The van der Waals surface area contributed by atoms with Gasteiger partial charge in [-0.1, -0.05) is 53.0 Å². The van der Waals surface area contributed by atoms with Crippen LogP contribution in [-0.4, -0.2) is 42.6 Å². The Morgan fingerprint density at radius 2 is 1.08 bits per heavy atom. The molecule has 0 amide bonds. The number of benzene rings is 4. The minimum atomic E-state index is -3.85. The summed E-state index contributed by atoms with van der Waals surface area (Å²) in [5.41, 5.74) is 10.2. The fourth-order valence-electron chi connectivity index (χ4n) is 7.90. The van der Waals surface area contributed by atoms with E-state index in [1.807, 2.05) is 6.07 Å². The van der Waals surface area contributed by atoms with Crippen LogP contribution in [0.3, 0.4) is 0 Å². The zero-order valence-electron chi connectivity index (χ0n) is 28.6. The van der Waals surface area contributed by atoms with Crippen LogP contribution in [0.2, 0.25) is 0 Å². The van der Waals surface area contributed by atoms with Crippen molar-refractivity contribution in [3.05, 3.63) is 99.5 Å². The van der Waals surface area contributed by atoms with E-state index in [1.165, 1.54) is 26.4 Å². The van der Waals surface area contributed by atoms with Gasteiger partial charge in [-0.15, -0.1) is 0 Å². The molecule has 8 rings (SSSR count). The third kappa shape index (κ3) is 5.94. The lowest BCUT2D eigenvalue weighted by Gasteiger charge is -2.37. The van der Waals surface area contributed by atoms with Gasteiger partial charge in [0.2, 0.25) is 0 Å². The molecule has 0 unspecified atom stereocenters. The largest absolute Gasteiger partial charge is 0.495 e. The van der Waals surface area contributed by atoms with E-state index in [9.17, 15) is 26.4 Å². The second-order valence-corrected chi connectivity index (χ2v) is 17.8. The molecule has 14 heteroatoms. The standard InChI is InChI=1S/C19H18BrNO4S.C19H20N2O4S/c2*1-25-16-5-2-3-6-17(16)26(23,24)21-12-9-14-13(15(20)10-12)11-18(22)19(14)7-4-8-19/h2-3,5-6,9-10,21H,4,7-8,11H2,1H3;2-3,5-6,9-10,21H,4,7-8,11,20H2,1H3. The van der Waals surface area contributed by atoms with Gasteiger partial charge in [0.25, 0.3) is 20.0 Å². The Bertz CT molecular complexity index is 2190. The molecule has 0 atom stereocenters. The minimum absolute atomic E-state index is 0.0519. The van der Waals surface area contributed by atoms with Gasteiger partial charge in [0.1, 0.15) is 32.9 Å². The van der Waals surface area contributed by atoms with Crippen molar-refractivity contribution in [1.29, 1.82) is 0 Å².